The van der Waals surface area contributed by atoms with Crippen LogP contribution in [0.1, 0.15) is 22.8 Å². The van der Waals surface area contributed by atoms with Gasteiger partial charge in [0.25, 0.3) is 0 Å². The number of benzene rings is 1. The summed E-state index contributed by atoms with van der Waals surface area (Å²) in [5.41, 5.74) is 1.70. The van der Waals surface area contributed by atoms with Crippen molar-refractivity contribution in [1.82, 2.24) is 0 Å². The Bertz CT molecular complexity index is 760. The molecule has 1 fully saturated rings. The maximum Gasteiger partial charge on any atom is 0.200 e. The molecule has 1 aliphatic rings. The van der Waals surface area contributed by atoms with Crippen LogP contribution in [0.15, 0.2) is 27.4 Å². The predicted octanol–water partition coefficient (Wildman–Crippen LogP) is 2.86. The van der Waals surface area contributed by atoms with Gasteiger partial charge < -0.3 is 9.32 Å². The fraction of sp³-hybridized carbons (Fsp3) is 0.375. The summed E-state index contributed by atoms with van der Waals surface area (Å²) >= 11 is 1.90. The van der Waals surface area contributed by atoms with Crippen molar-refractivity contribution in [3.8, 4) is 0 Å². The summed E-state index contributed by atoms with van der Waals surface area (Å²) in [5.74, 6) is 2.53. The van der Waals surface area contributed by atoms with E-state index in [1.165, 1.54) is 6.92 Å². The van der Waals surface area contributed by atoms with E-state index < -0.39 is 0 Å². The quantitative estimate of drug-likeness (QED) is 0.799. The molecule has 110 valence electrons. The fourth-order valence-corrected chi connectivity index (χ4v) is 3.49. The Balaban J connectivity index is 2.22. The fourth-order valence-electron chi connectivity index (χ4n) is 2.59. The molecule has 1 aromatic carbocycles. The number of fused-ring (bicyclic) bond motifs is 1. The van der Waals surface area contributed by atoms with Gasteiger partial charge in [-0.25, -0.2) is 0 Å². The SMILES string of the molecule is CC(=O)c1cc(C)cc2c(=O)cc(N3CCSCC3)oc12. The van der Waals surface area contributed by atoms with Gasteiger partial charge in [0.15, 0.2) is 22.7 Å². The van der Waals surface area contributed by atoms with Crippen molar-refractivity contribution >= 4 is 34.4 Å². The first kappa shape index (κ1) is 14.2. The highest BCUT2D eigenvalue weighted by molar-refractivity contribution is 7.99. The molecular weight excluding hydrogens is 286 g/mol. The van der Waals surface area contributed by atoms with Crippen LogP contribution in [-0.2, 0) is 0 Å². The van der Waals surface area contributed by atoms with E-state index in [1.54, 1.807) is 18.2 Å². The molecule has 0 saturated carbocycles. The average Bonchev–Trinajstić information content (AvgIpc) is 2.48. The predicted molar refractivity (Wildman–Crippen MR) is 86.8 cm³/mol. The van der Waals surface area contributed by atoms with E-state index in [1.807, 2.05) is 18.7 Å². The number of thioether (sulfide) groups is 1. The molecule has 1 saturated heterocycles. The number of hydrogen-bond acceptors (Lipinski definition) is 5. The monoisotopic (exact) mass is 303 g/mol. The van der Waals surface area contributed by atoms with Crippen LogP contribution in [0.5, 0.6) is 0 Å². The molecule has 0 unspecified atom stereocenters. The third-order valence-electron chi connectivity index (χ3n) is 3.66. The molecule has 21 heavy (non-hydrogen) atoms. The second-order valence-corrected chi connectivity index (χ2v) is 6.52. The molecule has 2 heterocycles. The topological polar surface area (TPSA) is 50.5 Å². The average molecular weight is 303 g/mol. The van der Waals surface area contributed by atoms with E-state index >= 15 is 0 Å². The van der Waals surface area contributed by atoms with Gasteiger partial charge in [-0.05, 0) is 31.5 Å². The van der Waals surface area contributed by atoms with Crippen molar-refractivity contribution < 1.29 is 9.21 Å². The van der Waals surface area contributed by atoms with E-state index in [4.69, 9.17) is 4.42 Å². The first-order chi connectivity index (χ1) is 10.1. The Morgan fingerprint density at radius 3 is 2.62 bits per heavy atom. The van der Waals surface area contributed by atoms with Gasteiger partial charge in [-0.15, -0.1) is 0 Å². The molecule has 0 aliphatic carbocycles. The first-order valence-corrected chi connectivity index (χ1v) is 8.14. The minimum absolute atomic E-state index is 0.0850. The lowest BCUT2D eigenvalue weighted by Crippen LogP contribution is -2.33. The summed E-state index contributed by atoms with van der Waals surface area (Å²) in [6, 6.07) is 5.11. The lowest BCUT2D eigenvalue weighted by atomic mass is 10.0. The van der Waals surface area contributed by atoms with Gasteiger partial charge in [-0.3, -0.25) is 9.59 Å². The third-order valence-corrected chi connectivity index (χ3v) is 4.60. The van der Waals surface area contributed by atoms with E-state index in [-0.39, 0.29) is 11.2 Å². The van der Waals surface area contributed by atoms with Crippen LogP contribution in [0.25, 0.3) is 11.0 Å². The highest BCUT2D eigenvalue weighted by atomic mass is 32.2. The molecule has 5 heteroatoms. The van der Waals surface area contributed by atoms with Crippen LogP contribution >= 0.6 is 11.8 Å². The van der Waals surface area contributed by atoms with Gasteiger partial charge in [0, 0.05) is 30.7 Å². The Morgan fingerprint density at radius 2 is 1.95 bits per heavy atom. The largest absolute Gasteiger partial charge is 0.440 e. The van der Waals surface area contributed by atoms with Crippen molar-refractivity contribution in [3.63, 3.8) is 0 Å². The van der Waals surface area contributed by atoms with Crippen molar-refractivity contribution in [2.24, 2.45) is 0 Å². The van der Waals surface area contributed by atoms with E-state index in [2.05, 4.69) is 4.90 Å². The second-order valence-electron chi connectivity index (χ2n) is 5.29. The maximum atomic E-state index is 12.4. The Hall–Kier alpha value is -1.75. The molecule has 0 bridgehead atoms. The number of carbonyl (C=O) groups excluding carboxylic acids is 1. The van der Waals surface area contributed by atoms with Crippen molar-refractivity contribution in [2.45, 2.75) is 13.8 Å². The first-order valence-electron chi connectivity index (χ1n) is 6.98. The van der Waals surface area contributed by atoms with Crippen LogP contribution < -0.4 is 10.3 Å². The van der Waals surface area contributed by atoms with Crippen molar-refractivity contribution in [3.05, 3.63) is 39.5 Å². The number of hydrogen-bond donors (Lipinski definition) is 0. The molecule has 2 aromatic rings. The highest BCUT2D eigenvalue weighted by Crippen LogP contribution is 2.25. The smallest absolute Gasteiger partial charge is 0.200 e. The van der Waals surface area contributed by atoms with Gasteiger partial charge in [0.2, 0.25) is 0 Å². The zero-order valence-corrected chi connectivity index (χ0v) is 13.0. The lowest BCUT2D eigenvalue weighted by molar-refractivity contribution is 0.101. The van der Waals surface area contributed by atoms with Crippen LogP contribution in [0, 0.1) is 6.92 Å². The summed E-state index contributed by atoms with van der Waals surface area (Å²) in [4.78, 5) is 26.3. The van der Waals surface area contributed by atoms with Crippen molar-refractivity contribution in [1.29, 1.82) is 0 Å². The van der Waals surface area contributed by atoms with Crippen LogP contribution in [0.4, 0.5) is 5.88 Å². The summed E-state index contributed by atoms with van der Waals surface area (Å²) in [5, 5.41) is 0.482. The number of nitrogens with zero attached hydrogens (tertiary/aromatic N) is 1. The third kappa shape index (κ3) is 2.70. The zero-order chi connectivity index (χ0) is 15.0. The standard InChI is InChI=1S/C16H17NO3S/c1-10-7-12(11(2)18)16-13(8-10)14(19)9-15(20-16)17-3-5-21-6-4-17/h7-9H,3-6H2,1-2H3. The number of anilines is 1. The van der Waals surface area contributed by atoms with E-state index in [9.17, 15) is 9.59 Å². The number of aryl methyl sites for hydroxylation is 1. The van der Waals surface area contributed by atoms with Crippen LogP contribution in [0.3, 0.4) is 0 Å². The normalized spacial score (nSPS) is 15.4. The number of carbonyl (C=O) groups is 1. The lowest BCUT2D eigenvalue weighted by Gasteiger charge is -2.26. The highest BCUT2D eigenvalue weighted by Gasteiger charge is 2.18. The molecule has 3 rings (SSSR count). The van der Waals surface area contributed by atoms with Gasteiger partial charge in [-0.1, -0.05) is 0 Å². The van der Waals surface area contributed by atoms with Gasteiger partial charge >= 0.3 is 0 Å². The second kappa shape index (κ2) is 5.56. The summed E-state index contributed by atoms with van der Waals surface area (Å²) < 4.78 is 5.93. The molecule has 0 amide bonds. The number of Topliss-reactive ketones (excluding diaryl/α,β-unsaturated/α-hetero) is 1. The minimum Gasteiger partial charge on any atom is -0.440 e. The Kier molecular flexibility index (Phi) is 3.76. The van der Waals surface area contributed by atoms with Gasteiger partial charge in [0.1, 0.15) is 0 Å². The van der Waals surface area contributed by atoms with Gasteiger partial charge in [0.05, 0.1) is 10.9 Å². The van der Waals surface area contributed by atoms with Crippen LogP contribution in [0.2, 0.25) is 0 Å². The van der Waals surface area contributed by atoms with Crippen molar-refractivity contribution in [2.75, 3.05) is 29.5 Å². The molecule has 4 nitrogen and oxygen atoms in total. The molecule has 0 N–H and O–H groups in total. The van der Waals surface area contributed by atoms with Crippen LogP contribution in [-0.4, -0.2) is 30.4 Å². The summed E-state index contributed by atoms with van der Waals surface area (Å²) in [7, 11) is 0. The molecule has 1 aliphatic heterocycles. The molecular formula is C16H17NO3S. The Labute approximate surface area is 127 Å². The molecule has 0 spiro atoms. The summed E-state index contributed by atoms with van der Waals surface area (Å²) in [6.07, 6.45) is 0. The minimum atomic E-state index is -0.0873. The molecule has 1 aromatic heterocycles. The Morgan fingerprint density at radius 1 is 1.24 bits per heavy atom. The number of ketones is 1. The number of rotatable bonds is 2. The van der Waals surface area contributed by atoms with E-state index in [0.29, 0.717) is 22.4 Å². The maximum absolute atomic E-state index is 12.4. The molecule has 0 radical (unpaired) electrons. The van der Waals surface area contributed by atoms with E-state index in [0.717, 1.165) is 30.2 Å². The summed E-state index contributed by atoms with van der Waals surface area (Å²) in [6.45, 7) is 5.10. The van der Waals surface area contributed by atoms with Gasteiger partial charge in [-0.2, -0.15) is 11.8 Å². The zero-order valence-electron chi connectivity index (χ0n) is 12.1. The molecule has 0 atom stereocenters.